The van der Waals surface area contributed by atoms with E-state index in [0.717, 1.165) is 39.9 Å². The lowest BCUT2D eigenvalue weighted by Crippen LogP contribution is -2.03. The quantitative estimate of drug-likeness (QED) is 0.482. The van der Waals surface area contributed by atoms with Gasteiger partial charge in [0.1, 0.15) is 11.2 Å². The van der Waals surface area contributed by atoms with Crippen molar-refractivity contribution in [3.63, 3.8) is 0 Å². The number of aromatic amines is 1. The minimum absolute atomic E-state index is 0.134. The summed E-state index contributed by atoms with van der Waals surface area (Å²) in [4.78, 5) is 24.8. The van der Waals surface area contributed by atoms with Gasteiger partial charge in [0.2, 0.25) is 5.78 Å². The highest BCUT2D eigenvalue weighted by atomic mass is 16.1. The third-order valence-corrected chi connectivity index (χ3v) is 4.83. The molecule has 0 aliphatic carbocycles. The van der Waals surface area contributed by atoms with Gasteiger partial charge in [-0.05, 0) is 31.2 Å². The summed E-state index contributed by atoms with van der Waals surface area (Å²) in [5, 5.41) is 4.69. The van der Waals surface area contributed by atoms with Crippen LogP contribution in [0.5, 0.6) is 0 Å². The van der Waals surface area contributed by atoms with Crippen LogP contribution in [0.15, 0.2) is 66.9 Å². The van der Waals surface area contributed by atoms with Gasteiger partial charge in [-0.1, -0.05) is 36.4 Å². The van der Waals surface area contributed by atoms with Gasteiger partial charge in [0.15, 0.2) is 5.82 Å². The molecule has 0 saturated heterocycles. The number of carbonyl (C=O) groups excluding carboxylic acids is 1. The minimum Gasteiger partial charge on any atom is -0.335 e. The number of nitrogens with one attached hydrogen (secondary N) is 1. The second-order valence-corrected chi connectivity index (χ2v) is 6.54. The molecule has 6 heteroatoms. The molecule has 3 heterocycles. The Bertz CT molecular complexity index is 1280. The zero-order valence-electron chi connectivity index (χ0n) is 15.3. The molecule has 0 aliphatic rings. The van der Waals surface area contributed by atoms with Crippen molar-refractivity contribution in [2.75, 3.05) is 0 Å². The standard InChI is InChI=1S/C22H17N5O/c1-2-27-18-8-5-13-23-20(18)19(26-27)14-9-11-15(12-10-14)21(28)22-24-16-6-3-4-7-17(16)25-22/h3-13H,2H2,1H3,(H,24,25). The van der Waals surface area contributed by atoms with Gasteiger partial charge in [0, 0.05) is 23.9 Å². The summed E-state index contributed by atoms with van der Waals surface area (Å²) in [5.41, 5.74) is 5.82. The van der Waals surface area contributed by atoms with Crippen molar-refractivity contribution >= 4 is 27.9 Å². The van der Waals surface area contributed by atoms with E-state index in [2.05, 4.69) is 21.9 Å². The molecule has 136 valence electrons. The molecule has 6 nitrogen and oxygen atoms in total. The molecule has 2 aromatic carbocycles. The van der Waals surface area contributed by atoms with Gasteiger partial charge < -0.3 is 4.98 Å². The van der Waals surface area contributed by atoms with E-state index in [4.69, 9.17) is 5.10 Å². The topological polar surface area (TPSA) is 76.5 Å². The van der Waals surface area contributed by atoms with E-state index in [1.807, 2.05) is 65.3 Å². The van der Waals surface area contributed by atoms with Crippen LogP contribution in [0.1, 0.15) is 23.1 Å². The smallest absolute Gasteiger partial charge is 0.228 e. The normalized spacial score (nSPS) is 11.3. The average molecular weight is 367 g/mol. The molecule has 5 aromatic rings. The van der Waals surface area contributed by atoms with Gasteiger partial charge in [-0.2, -0.15) is 5.10 Å². The summed E-state index contributed by atoms with van der Waals surface area (Å²) < 4.78 is 1.94. The Morgan fingerprint density at radius 1 is 1.04 bits per heavy atom. The van der Waals surface area contributed by atoms with Gasteiger partial charge in [0.05, 0.1) is 16.6 Å². The average Bonchev–Trinajstić information content (AvgIpc) is 3.35. The first-order valence-electron chi connectivity index (χ1n) is 9.16. The molecular formula is C22H17N5O. The Labute approximate surface area is 160 Å². The highest BCUT2D eigenvalue weighted by Crippen LogP contribution is 2.27. The fraction of sp³-hybridized carbons (Fsp3) is 0.0909. The van der Waals surface area contributed by atoms with Crippen molar-refractivity contribution in [1.82, 2.24) is 24.7 Å². The number of nitrogens with zero attached hydrogens (tertiary/aromatic N) is 4. The summed E-state index contributed by atoms with van der Waals surface area (Å²) in [7, 11) is 0. The lowest BCUT2D eigenvalue weighted by Gasteiger charge is -2.01. The molecule has 0 unspecified atom stereocenters. The van der Waals surface area contributed by atoms with Crippen LogP contribution in [0.25, 0.3) is 33.3 Å². The summed E-state index contributed by atoms with van der Waals surface area (Å²) in [6.07, 6.45) is 1.77. The first-order chi connectivity index (χ1) is 13.7. The number of hydrogen-bond donors (Lipinski definition) is 1. The second-order valence-electron chi connectivity index (χ2n) is 6.54. The van der Waals surface area contributed by atoms with Crippen LogP contribution in [-0.4, -0.2) is 30.5 Å². The zero-order chi connectivity index (χ0) is 19.1. The zero-order valence-corrected chi connectivity index (χ0v) is 15.3. The highest BCUT2D eigenvalue weighted by Gasteiger charge is 2.16. The number of hydrogen-bond acceptors (Lipinski definition) is 4. The number of aryl methyl sites for hydroxylation is 1. The van der Waals surface area contributed by atoms with Gasteiger partial charge in [-0.15, -0.1) is 0 Å². The van der Waals surface area contributed by atoms with Crippen molar-refractivity contribution in [1.29, 1.82) is 0 Å². The number of pyridine rings is 1. The SMILES string of the molecule is CCn1nc(-c2ccc(C(=O)c3nc4ccccc4[nH]3)cc2)c2ncccc21. The predicted molar refractivity (Wildman–Crippen MR) is 108 cm³/mol. The lowest BCUT2D eigenvalue weighted by atomic mass is 10.1. The van der Waals surface area contributed by atoms with Crippen LogP contribution in [0.4, 0.5) is 0 Å². The molecular weight excluding hydrogens is 350 g/mol. The molecule has 0 fully saturated rings. The van der Waals surface area contributed by atoms with E-state index >= 15 is 0 Å². The predicted octanol–water partition coefficient (Wildman–Crippen LogP) is 4.23. The largest absolute Gasteiger partial charge is 0.335 e. The number of rotatable bonds is 4. The number of carbonyl (C=O) groups is 1. The molecule has 0 atom stereocenters. The first-order valence-corrected chi connectivity index (χ1v) is 9.16. The summed E-state index contributed by atoms with van der Waals surface area (Å²) in [6.45, 7) is 2.82. The maximum Gasteiger partial charge on any atom is 0.228 e. The summed E-state index contributed by atoms with van der Waals surface area (Å²) in [6, 6.07) is 19.0. The van der Waals surface area contributed by atoms with E-state index in [9.17, 15) is 4.79 Å². The highest BCUT2D eigenvalue weighted by molar-refractivity contribution is 6.08. The number of imidazole rings is 1. The fourth-order valence-corrected chi connectivity index (χ4v) is 3.42. The molecule has 0 aliphatic heterocycles. The third kappa shape index (κ3) is 2.58. The molecule has 3 aromatic heterocycles. The molecule has 1 N–H and O–H groups in total. The van der Waals surface area contributed by atoms with Crippen molar-refractivity contribution in [3.05, 3.63) is 78.2 Å². The number of aromatic nitrogens is 5. The second kappa shape index (κ2) is 6.42. The van der Waals surface area contributed by atoms with E-state index in [1.165, 1.54) is 0 Å². The van der Waals surface area contributed by atoms with Crippen LogP contribution < -0.4 is 0 Å². The van der Waals surface area contributed by atoms with Crippen LogP contribution in [0.3, 0.4) is 0 Å². The number of ketones is 1. The van der Waals surface area contributed by atoms with E-state index in [1.54, 1.807) is 6.20 Å². The molecule has 0 bridgehead atoms. The van der Waals surface area contributed by atoms with Crippen molar-refractivity contribution in [2.45, 2.75) is 13.5 Å². The summed E-state index contributed by atoms with van der Waals surface area (Å²) in [5.74, 6) is 0.209. The number of para-hydroxylation sites is 2. The Balaban J connectivity index is 1.51. The van der Waals surface area contributed by atoms with Crippen LogP contribution in [0, 0.1) is 0 Å². The molecule has 0 spiro atoms. The monoisotopic (exact) mass is 367 g/mol. The van der Waals surface area contributed by atoms with Crippen molar-refractivity contribution < 1.29 is 4.79 Å². The Morgan fingerprint density at radius 3 is 2.64 bits per heavy atom. The molecule has 0 saturated carbocycles. The molecule has 0 amide bonds. The number of H-pyrrole nitrogens is 1. The lowest BCUT2D eigenvalue weighted by molar-refractivity contribution is 0.103. The first kappa shape index (κ1) is 16.4. The number of benzene rings is 2. The van der Waals surface area contributed by atoms with Crippen LogP contribution in [0.2, 0.25) is 0 Å². The third-order valence-electron chi connectivity index (χ3n) is 4.83. The van der Waals surface area contributed by atoms with Crippen molar-refractivity contribution in [2.24, 2.45) is 0 Å². The fourth-order valence-electron chi connectivity index (χ4n) is 3.42. The van der Waals surface area contributed by atoms with Crippen LogP contribution in [-0.2, 0) is 6.54 Å². The van der Waals surface area contributed by atoms with Gasteiger partial charge >= 0.3 is 0 Å². The van der Waals surface area contributed by atoms with Crippen LogP contribution >= 0.6 is 0 Å². The number of fused-ring (bicyclic) bond motifs is 2. The van der Waals surface area contributed by atoms with Gasteiger partial charge in [-0.25, -0.2) is 4.98 Å². The molecule has 5 rings (SSSR count). The van der Waals surface area contributed by atoms with Gasteiger partial charge in [-0.3, -0.25) is 14.5 Å². The molecule has 28 heavy (non-hydrogen) atoms. The Morgan fingerprint density at radius 2 is 1.86 bits per heavy atom. The van der Waals surface area contributed by atoms with Crippen molar-refractivity contribution in [3.8, 4) is 11.3 Å². The van der Waals surface area contributed by atoms with E-state index in [0.29, 0.717) is 11.4 Å². The maximum absolute atomic E-state index is 12.8. The Kier molecular flexibility index (Phi) is 3.76. The van der Waals surface area contributed by atoms with E-state index in [-0.39, 0.29) is 5.78 Å². The summed E-state index contributed by atoms with van der Waals surface area (Å²) >= 11 is 0. The van der Waals surface area contributed by atoms with E-state index < -0.39 is 0 Å². The maximum atomic E-state index is 12.8. The minimum atomic E-state index is -0.134. The Hall–Kier alpha value is -3.80. The molecule has 0 radical (unpaired) electrons. The van der Waals surface area contributed by atoms with Gasteiger partial charge in [0.25, 0.3) is 0 Å².